The Kier molecular flexibility index (Phi) is 11.3. The van der Waals surface area contributed by atoms with Gasteiger partial charge in [-0.15, -0.1) is 0 Å². The molecule has 4 heteroatoms. The fourth-order valence-electron chi connectivity index (χ4n) is 6.45. The third-order valence-electron chi connectivity index (χ3n) is 8.86. The third kappa shape index (κ3) is 7.70. The van der Waals surface area contributed by atoms with Crippen LogP contribution in [0.4, 0.5) is 0 Å². The van der Waals surface area contributed by atoms with Gasteiger partial charge in [0.05, 0.1) is 13.1 Å². The Labute approximate surface area is 253 Å². The first kappa shape index (κ1) is 30.1. The fraction of sp³-hybridized carbons (Fsp3) is 0.474. The fourth-order valence-corrected chi connectivity index (χ4v) is 6.45. The van der Waals surface area contributed by atoms with Crippen molar-refractivity contribution in [1.29, 1.82) is 0 Å². The van der Waals surface area contributed by atoms with Crippen LogP contribution in [-0.4, -0.2) is 9.13 Å². The molecule has 5 rings (SSSR count). The minimum Gasteiger partial charge on any atom is -0.230 e. The summed E-state index contributed by atoms with van der Waals surface area (Å²) in [4.78, 5) is 0. The van der Waals surface area contributed by atoms with Gasteiger partial charge in [0.1, 0.15) is 13.1 Å². The number of hydrogen-bond acceptors (Lipinski definition) is 0. The van der Waals surface area contributed by atoms with Crippen LogP contribution in [0.3, 0.4) is 0 Å². The standard InChI is InChI=1S/C38H52N4/c1-3-5-7-9-11-19-27-39-31-41(37-25-17-15-23-35(37)39)29-33-21-13-14-22-34(33)30-42-32-40(28-20-12-10-8-6-4-2)36-24-16-18-26-38(36)42/h13-18,21-26,31-32H,3-12,19-20,27-30H2,1-2H3/q+2. The van der Waals surface area contributed by atoms with E-state index in [1.165, 1.54) is 110 Å². The van der Waals surface area contributed by atoms with Gasteiger partial charge < -0.3 is 0 Å². The maximum absolute atomic E-state index is 2.47. The van der Waals surface area contributed by atoms with Gasteiger partial charge in [-0.3, -0.25) is 0 Å². The van der Waals surface area contributed by atoms with Crippen LogP contribution in [0.5, 0.6) is 0 Å². The first-order chi connectivity index (χ1) is 20.8. The molecule has 2 heterocycles. The lowest BCUT2D eigenvalue weighted by atomic mass is 10.1. The topological polar surface area (TPSA) is 17.6 Å². The molecular weight excluding hydrogens is 512 g/mol. The number of aromatic nitrogens is 4. The van der Waals surface area contributed by atoms with Crippen LogP contribution in [0.15, 0.2) is 85.5 Å². The Bertz CT molecular complexity index is 1410. The van der Waals surface area contributed by atoms with Crippen molar-refractivity contribution in [3.8, 4) is 0 Å². The molecule has 2 aromatic heterocycles. The van der Waals surface area contributed by atoms with Crippen molar-refractivity contribution in [1.82, 2.24) is 9.13 Å². The molecule has 4 nitrogen and oxygen atoms in total. The molecule has 0 saturated heterocycles. The zero-order valence-electron chi connectivity index (χ0n) is 26.2. The summed E-state index contributed by atoms with van der Waals surface area (Å²) in [6, 6.07) is 26.8. The summed E-state index contributed by atoms with van der Waals surface area (Å²) in [6.07, 6.45) is 20.6. The van der Waals surface area contributed by atoms with Gasteiger partial charge in [-0.05, 0) is 49.9 Å². The Morgan fingerprint density at radius 2 is 0.833 bits per heavy atom. The maximum Gasteiger partial charge on any atom is 0.245 e. The molecule has 42 heavy (non-hydrogen) atoms. The lowest BCUT2D eigenvalue weighted by Crippen LogP contribution is -2.36. The van der Waals surface area contributed by atoms with Crippen LogP contribution in [0.1, 0.15) is 102 Å². The van der Waals surface area contributed by atoms with Crippen molar-refractivity contribution in [2.45, 2.75) is 117 Å². The third-order valence-corrected chi connectivity index (χ3v) is 8.86. The van der Waals surface area contributed by atoms with Crippen LogP contribution >= 0.6 is 0 Å². The van der Waals surface area contributed by atoms with E-state index in [0.29, 0.717) is 0 Å². The Hall–Kier alpha value is -3.40. The molecule has 222 valence electrons. The summed E-state index contributed by atoms with van der Waals surface area (Å²) in [7, 11) is 0. The summed E-state index contributed by atoms with van der Waals surface area (Å²) in [5, 5.41) is 0. The van der Waals surface area contributed by atoms with Gasteiger partial charge in [0.15, 0.2) is 22.1 Å². The van der Waals surface area contributed by atoms with E-state index in [9.17, 15) is 0 Å². The Morgan fingerprint density at radius 3 is 1.29 bits per heavy atom. The number of benzene rings is 3. The quantitative estimate of drug-likeness (QED) is 0.0747. The molecule has 0 bridgehead atoms. The second-order valence-corrected chi connectivity index (χ2v) is 12.2. The van der Waals surface area contributed by atoms with Crippen molar-refractivity contribution in [2.24, 2.45) is 0 Å². The zero-order valence-corrected chi connectivity index (χ0v) is 26.2. The van der Waals surface area contributed by atoms with Gasteiger partial charge in [0, 0.05) is 11.1 Å². The Morgan fingerprint density at radius 1 is 0.452 bits per heavy atom. The molecule has 0 unspecified atom stereocenters. The molecule has 0 radical (unpaired) electrons. The van der Waals surface area contributed by atoms with Gasteiger partial charge in [0.25, 0.3) is 0 Å². The number of fused-ring (bicyclic) bond motifs is 2. The van der Waals surface area contributed by atoms with E-state index in [1.54, 1.807) is 0 Å². The number of hydrogen-bond donors (Lipinski definition) is 0. The lowest BCUT2D eigenvalue weighted by molar-refractivity contribution is -0.668. The normalized spacial score (nSPS) is 11.7. The SMILES string of the molecule is CCCCCCCCn1c[n+](Cc2ccccc2C[n+]2cn(CCCCCCCC)c3ccccc32)c2ccccc21. The Balaban J connectivity index is 1.32. The van der Waals surface area contributed by atoms with E-state index in [1.807, 2.05) is 0 Å². The van der Waals surface area contributed by atoms with Crippen LogP contribution in [0.25, 0.3) is 22.1 Å². The highest BCUT2D eigenvalue weighted by molar-refractivity contribution is 5.72. The van der Waals surface area contributed by atoms with E-state index in [4.69, 9.17) is 0 Å². The van der Waals surface area contributed by atoms with Gasteiger partial charge >= 0.3 is 0 Å². The highest BCUT2D eigenvalue weighted by Gasteiger charge is 2.19. The van der Waals surface area contributed by atoms with E-state index >= 15 is 0 Å². The molecular formula is C38H52N4+2. The summed E-state index contributed by atoms with van der Waals surface area (Å²) < 4.78 is 9.86. The van der Waals surface area contributed by atoms with Crippen molar-refractivity contribution >= 4 is 22.1 Å². The van der Waals surface area contributed by atoms with E-state index < -0.39 is 0 Å². The first-order valence-corrected chi connectivity index (χ1v) is 16.8. The molecule has 0 fully saturated rings. The maximum atomic E-state index is 2.47. The van der Waals surface area contributed by atoms with Crippen molar-refractivity contribution in [3.05, 3.63) is 96.6 Å². The highest BCUT2D eigenvalue weighted by atomic mass is 15.1. The number of unbranched alkanes of at least 4 members (excludes halogenated alkanes) is 10. The number of imidazole rings is 2. The number of rotatable bonds is 18. The van der Waals surface area contributed by atoms with Crippen LogP contribution in [0, 0.1) is 0 Å². The van der Waals surface area contributed by atoms with Crippen molar-refractivity contribution in [3.63, 3.8) is 0 Å². The summed E-state index contributed by atoms with van der Waals surface area (Å²) >= 11 is 0. The zero-order chi connectivity index (χ0) is 29.0. The van der Waals surface area contributed by atoms with Crippen LogP contribution in [-0.2, 0) is 26.2 Å². The smallest absolute Gasteiger partial charge is 0.230 e. The van der Waals surface area contributed by atoms with Gasteiger partial charge in [-0.2, -0.15) is 0 Å². The molecule has 0 atom stereocenters. The van der Waals surface area contributed by atoms with Crippen molar-refractivity contribution in [2.75, 3.05) is 0 Å². The first-order valence-electron chi connectivity index (χ1n) is 16.8. The largest absolute Gasteiger partial charge is 0.245 e. The predicted octanol–water partition coefficient (Wildman–Crippen LogP) is 8.99. The lowest BCUT2D eigenvalue weighted by Gasteiger charge is -2.07. The molecule has 3 aromatic carbocycles. The molecule has 0 saturated carbocycles. The van der Waals surface area contributed by atoms with Gasteiger partial charge in [-0.1, -0.05) is 114 Å². The molecule has 0 spiro atoms. The molecule has 0 aliphatic rings. The number of nitrogens with zero attached hydrogens (tertiary/aromatic N) is 4. The molecule has 0 amide bonds. The average Bonchev–Trinajstić information content (AvgIpc) is 3.55. The van der Waals surface area contributed by atoms with E-state index in [0.717, 1.165) is 26.2 Å². The van der Waals surface area contributed by atoms with E-state index in [2.05, 4.69) is 118 Å². The number of para-hydroxylation sites is 4. The highest BCUT2D eigenvalue weighted by Crippen LogP contribution is 2.18. The molecule has 5 aromatic rings. The minimum absolute atomic E-state index is 0.886. The average molecular weight is 565 g/mol. The summed E-state index contributed by atoms with van der Waals surface area (Å²) in [6.45, 7) is 8.53. The predicted molar refractivity (Wildman–Crippen MR) is 176 cm³/mol. The van der Waals surface area contributed by atoms with Crippen molar-refractivity contribution < 1.29 is 9.13 Å². The summed E-state index contributed by atoms with van der Waals surface area (Å²) in [5.41, 5.74) is 8.12. The second-order valence-electron chi connectivity index (χ2n) is 12.2. The molecule has 0 aliphatic carbocycles. The van der Waals surface area contributed by atoms with Gasteiger partial charge in [-0.25, -0.2) is 18.3 Å². The monoisotopic (exact) mass is 564 g/mol. The van der Waals surface area contributed by atoms with Crippen LogP contribution < -0.4 is 9.13 Å². The number of aryl methyl sites for hydroxylation is 2. The van der Waals surface area contributed by atoms with E-state index in [-0.39, 0.29) is 0 Å². The second kappa shape index (κ2) is 15.7. The minimum atomic E-state index is 0.886. The molecule has 0 N–H and O–H groups in total. The van der Waals surface area contributed by atoms with Gasteiger partial charge in [0.2, 0.25) is 12.7 Å². The van der Waals surface area contributed by atoms with Crippen LogP contribution in [0.2, 0.25) is 0 Å². The summed E-state index contributed by atoms with van der Waals surface area (Å²) in [5.74, 6) is 0. The molecule has 0 aliphatic heterocycles.